The number of nitrogens with one attached hydrogen (secondary N) is 2. The van der Waals surface area contributed by atoms with Crippen molar-refractivity contribution in [1.29, 1.82) is 0 Å². The van der Waals surface area contributed by atoms with Gasteiger partial charge in [-0.05, 0) is 35.1 Å². The summed E-state index contributed by atoms with van der Waals surface area (Å²) in [4.78, 5) is 36.2. The summed E-state index contributed by atoms with van der Waals surface area (Å²) in [6.07, 6.45) is -5.84. The molecule has 0 spiro atoms. The fourth-order valence-corrected chi connectivity index (χ4v) is 4.36. The number of rotatable bonds is 9. The lowest BCUT2D eigenvalue weighted by atomic mass is 9.81. The van der Waals surface area contributed by atoms with Crippen LogP contribution in [0.3, 0.4) is 0 Å². The Morgan fingerprint density at radius 3 is 1.94 bits per heavy atom. The lowest BCUT2D eigenvalue weighted by molar-refractivity contribution is -0.183. The molecule has 3 rings (SSSR count). The Morgan fingerprint density at radius 2 is 1.49 bits per heavy atom. The first-order chi connectivity index (χ1) is 16.5. The zero-order chi connectivity index (χ0) is 25.8. The Morgan fingerprint density at radius 1 is 0.971 bits per heavy atom. The molecule has 10 heteroatoms. The Hall–Kier alpha value is -3.56. The number of carbonyl (C=O) groups excluding carboxylic acids is 2. The van der Waals surface area contributed by atoms with E-state index in [1.54, 1.807) is 19.2 Å². The molecule has 2 aromatic carbocycles. The van der Waals surface area contributed by atoms with Crippen molar-refractivity contribution in [2.75, 3.05) is 13.2 Å². The van der Waals surface area contributed by atoms with E-state index >= 15 is 0 Å². The van der Waals surface area contributed by atoms with Crippen molar-refractivity contribution in [3.8, 4) is 11.1 Å². The number of hydrogen-bond acceptors (Lipinski definition) is 4. The van der Waals surface area contributed by atoms with Crippen LogP contribution in [0.25, 0.3) is 11.1 Å². The first-order valence-corrected chi connectivity index (χ1v) is 11.2. The number of carboxylic acid groups (broad SMARTS) is 1. The van der Waals surface area contributed by atoms with Crippen LogP contribution >= 0.6 is 0 Å². The summed E-state index contributed by atoms with van der Waals surface area (Å²) in [5.74, 6) is -3.50. The smallest absolute Gasteiger partial charge is 0.419 e. The highest BCUT2D eigenvalue weighted by Crippen LogP contribution is 2.44. The van der Waals surface area contributed by atoms with Crippen LogP contribution in [0.1, 0.15) is 43.7 Å². The highest BCUT2D eigenvalue weighted by atomic mass is 19.4. The van der Waals surface area contributed by atoms with Crippen LogP contribution in [0.2, 0.25) is 0 Å². The molecule has 35 heavy (non-hydrogen) atoms. The molecule has 0 fully saturated rings. The zero-order valence-corrected chi connectivity index (χ0v) is 19.3. The normalized spacial score (nSPS) is 14.0. The van der Waals surface area contributed by atoms with Crippen molar-refractivity contribution >= 4 is 18.0 Å². The number of alkyl carbamates (subject to hydrolysis) is 1. The molecule has 1 aliphatic carbocycles. The fourth-order valence-electron chi connectivity index (χ4n) is 4.36. The molecule has 2 amide bonds. The number of aliphatic carboxylic acids is 1. The second-order valence-corrected chi connectivity index (χ2v) is 8.45. The first kappa shape index (κ1) is 26.1. The van der Waals surface area contributed by atoms with E-state index in [2.05, 4.69) is 5.32 Å². The fraction of sp³-hybridized carbons (Fsp3) is 0.400. The Balaban J connectivity index is 1.65. The van der Waals surface area contributed by atoms with E-state index in [0.29, 0.717) is 0 Å². The summed E-state index contributed by atoms with van der Waals surface area (Å²) in [5.41, 5.74) is 2.71. The number of fused-ring (bicyclic) bond motifs is 3. The predicted octanol–water partition coefficient (Wildman–Crippen LogP) is 4.46. The molecule has 0 aliphatic heterocycles. The molecule has 1 atom stereocenters. The molecule has 7 nitrogen and oxygen atoms in total. The largest absolute Gasteiger partial charge is 0.479 e. The Kier molecular flexibility index (Phi) is 7.72. The Labute approximate surface area is 200 Å². The third-order valence-corrected chi connectivity index (χ3v) is 6.60. The standard InChI is InChI=1S/C25H27F3N2O5/c1-3-24(4-2,22(33)30-20(21(31)32)25(26,27)28)14-29-23(34)35-13-19-17-11-7-5-9-15(17)16-10-6-8-12-18(16)19/h5-12,19-20H,3-4,13-14H2,1-2H3,(H,29,34)(H,30,33)(H,31,32). The maximum absolute atomic E-state index is 13.0. The van der Waals surface area contributed by atoms with Crippen LogP contribution in [0.15, 0.2) is 48.5 Å². The van der Waals surface area contributed by atoms with Gasteiger partial charge in [-0.2, -0.15) is 13.2 Å². The minimum atomic E-state index is -5.16. The molecule has 0 saturated carbocycles. The third kappa shape index (κ3) is 5.41. The van der Waals surface area contributed by atoms with Gasteiger partial charge in [-0.25, -0.2) is 9.59 Å². The minimum Gasteiger partial charge on any atom is -0.479 e. The van der Waals surface area contributed by atoms with E-state index in [9.17, 15) is 27.6 Å². The number of hydrogen-bond donors (Lipinski definition) is 3. The average Bonchev–Trinajstić information content (AvgIpc) is 3.15. The van der Waals surface area contributed by atoms with Gasteiger partial charge < -0.3 is 20.5 Å². The number of ether oxygens (including phenoxy) is 1. The van der Waals surface area contributed by atoms with Crippen molar-refractivity contribution in [1.82, 2.24) is 10.6 Å². The van der Waals surface area contributed by atoms with E-state index in [4.69, 9.17) is 9.84 Å². The molecular formula is C25H27F3N2O5. The van der Waals surface area contributed by atoms with Gasteiger partial charge in [0.1, 0.15) is 6.61 Å². The van der Waals surface area contributed by atoms with Crippen LogP contribution in [-0.2, 0) is 14.3 Å². The molecule has 0 saturated heterocycles. The van der Waals surface area contributed by atoms with Gasteiger partial charge in [0, 0.05) is 12.5 Å². The molecule has 188 valence electrons. The van der Waals surface area contributed by atoms with Gasteiger partial charge in [-0.3, -0.25) is 4.79 Å². The van der Waals surface area contributed by atoms with Gasteiger partial charge in [-0.1, -0.05) is 62.4 Å². The van der Waals surface area contributed by atoms with Crippen molar-refractivity contribution in [2.24, 2.45) is 5.41 Å². The maximum Gasteiger partial charge on any atom is 0.419 e. The molecule has 0 aromatic heterocycles. The van der Waals surface area contributed by atoms with Gasteiger partial charge in [0.15, 0.2) is 0 Å². The van der Waals surface area contributed by atoms with Gasteiger partial charge in [0.2, 0.25) is 11.9 Å². The van der Waals surface area contributed by atoms with Crippen molar-refractivity contribution < 1.29 is 37.4 Å². The molecule has 0 bridgehead atoms. The van der Waals surface area contributed by atoms with E-state index in [1.165, 1.54) is 0 Å². The van der Waals surface area contributed by atoms with E-state index in [-0.39, 0.29) is 31.9 Å². The topological polar surface area (TPSA) is 105 Å². The molecule has 1 unspecified atom stereocenters. The monoisotopic (exact) mass is 492 g/mol. The maximum atomic E-state index is 13.0. The summed E-state index contributed by atoms with van der Waals surface area (Å²) in [6.45, 7) is 2.87. The summed E-state index contributed by atoms with van der Waals surface area (Å²) in [7, 11) is 0. The summed E-state index contributed by atoms with van der Waals surface area (Å²) < 4.78 is 44.5. The van der Waals surface area contributed by atoms with E-state index < -0.39 is 35.6 Å². The number of benzene rings is 2. The minimum absolute atomic E-state index is 0.0342. The zero-order valence-electron chi connectivity index (χ0n) is 19.3. The van der Waals surface area contributed by atoms with E-state index in [0.717, 1.165) is 22.3 Å². The molecule has 2 aromatic rings. The van der Waals surface area contributed by atoms with Crippen LogP contribution in [0.4, 0.5) is 18.0 Å². The van der Waals surface area contributed by atoms with Gasteiger partial charge >= 0.3 is 18.2 Å². The van der Waals surface area contributed by atoms with Crippen molar-refractivity contribution in [3.63, 3.8) is 0 Å². The molecule has 0 heterocycles. The van der Waals surface area contributed by atoms with Gasteiger partial charge in [0.05, 0.1) is 5.41 Å². The van der Waals surface area contributed by atoms with Crippen LogP contribution in [-0.4, -0.2) is 48.4 Å². The molecule has 3 N–H and O–H groups in total. The summed E-state index contributed by atoms with van der Waals surface area (Å²) in [5, 5.41) is 12.9. The number of halogens is 3. The first-order valence-electron chi connectivity index (χ1n) is 11.2. The number of carboxylic acids is 1. The van der Waals surface area contributed by atoms with Gasteiger partial charge in [-0.15, -0.1) is 0 Å². The number of amides is 2. The molecule has 1 aliphatic rings. The van der Waals surface area contributed by atoms with Crippen LogP contribution in [0.5, 0.6) is 0 Å². The Bertz CT molecular complexity index is 1050. The SMILES string of the molecule is CCC(CC)(CNC(=O)OCC1c2ccccc2-c2ccccc21)C(=O)NC(C(=O)O)C(F)(F)F. The van der Waals surface area contributed by atoms with E-state index in [1.807, 2.05) is 48.5 Å². The van der Waals surface area contributed by atoms with Crippen molar-refractivity contribution in [2.45, 2.75) is 44.8 Å². The predicted molar refractivity (Wildman–Crippen MR) is 122 cm³/mol. The second-order valence-electron chi connectivity index (χ2n) is 8.45. The van der Waals surface area contributed by atoms with Crippen LogP contribution in [0, 0.1) is 5.41 Å². The van der Waals surface area contributed by atoms with Gasteiger partial charge in [0.25, 0.3) is 0 Å². The number of alkyl halides is 3. The average molecular weight is 492 g/mol. The highest BCUT2D eigenvalue weighted by Gasteiger charge is 2.49. The highest BCUT2D eigenvalue weighted by molar-refractivity contribution is 5.88. The number of carbonyl (C=O) groups is 3. The molecular weight excluding hydrogens is 465 g/mol. The molecule has 0 radical (unpaired) electrons. The second kappa shape index (κ2) is 10.4. The lowest BCUT2D eigenvalue weighted by Crippen LogP contribution is -2.57. The quantitative estimate of drug-likeness (QED) is 0.479. The van der Waals surface area contributed by atoms with Crippen molar-refractivity contribution in [3.05, 3.63) is 59.7 Å². The third-order valence-electron chi connectivity index (χ3n) is 6.60. The summed E-state index contributed by atoms with van der Waals surface area (Å²) >= 11 is 0. The van der Waals surface area contributed by atoms with Crippen LogP contribution < -0.4 is 10.6 Å². The summed E-state index contributed by atoms with van der Waals surface area (Å²) in [6, 6.07) is 12.5. The lowest BCUT2D eigenvalue weighted by Gasteiger charge is -2.32.